The number of aromatic nitrogens is 7. The minimum Gasteiger partial charge on any atom is -0.335 e. The molecule has 12 heteroatoms. The highest BCUT2D eigenvalue weighted by molar-refractivity contribution is 7.98. The second-order valence-corrected chi connectivity index (χ2v) is 4.72. The van der Waals surface area contributed by atoms with Crippen LogP contribution in [0.25, 0.3) is 0 Å². The van der Waals surface area contributed by atoms with Gasteiger partial charge in [0.05, 0.1) is 5.75 Å². The number of rotatable bonds is 5. The summed E-state index contributed by atoms with van der Waals surface area (Å²) in [6.45, 7) is 2.59. The van der Waals surface area contributed by atoms with E-state index in [1.165, 1.54) is 0 Å². The SMILES string of the molecule is CCCn1nnnc1CSc1nnc(C(F)(F)F)n1N. The summed E-state index contributed by atoms with van der Waals surface area (Å²) in [6.07, 6.45) is -3.79. The first kappa shape index (κ1) is 14.6. The highest BCUT2D eigenvalue weighted by Gasteiger charge is 2.38. The number of thioether (sulfide) groups is 1. The number of hydrogen-bond acceptors (Lipinski definition) is 7. The van der Waals surface area contributed by atoms with Crippen molar-refractivity contribution in [3.8, 4) is 0 Å². The van der Waals surface area contributed by atoms with Crippen LogP contribution in [0.3, 0.4) is 0 Å². The van der Waals surface area contributed by atoms with Crippen LogP contribution >= 0.6 is 11.8 Å². The van der Waals surface area contributed by atoms with E-state index < -0.39 is 12.0 Å². The number of nitrogens with zero attached hydrogens (tertiary/aromatic N) is 7. The van der Waals surface area contributed by atoms with E-state index in [2.05, 4.69) is 25.7 Å². The molecule has 0 spiro atoms. The molecule has 2 heterocycles. The molecular formula is C8H11F3N8S. The van der Waals surface area contributed by atoms with Gasteiger partial charge in [-0.25, -0.2) is 9.36 Å². The Hall–Kier alpha value is -1.85. The number of nitrogens with two attached hydrogens (primary N) is 1. The highest BCUT2D eigenvalue weighted by Crippen LogP contribution is 2.29. The summed E-state index contributed by atoms with van der Waals surface area (Å²) in [4.78, 5) is 0. The summed E-state index contributed by atoms with van der Waals surface area (Å²) in [7, 11) is 0. The van der Waals surface area contributed by atoms with Gasteiger partial charge in [0.15, 0.2) is 5.82 Å². The number of tetrazole rings is 1. The molecule has 20 heavy (non-hydrogen) atoms. The predicted octanol–water partition coefficient (Wildman–Crippen LogP) is 0.699. The van der Waals surface area contributed by atoms with E-state index in [1.807, 2.05) is 6.92 Å². The van der Waals surface area contributed by atoms with Crippen LogP contribution in [0.2, 0.25) is 0 Å². The molecule has 0 fully saturated rings. The third kappa shape index (κ3) is 3.00. The fourth-order valence-electron chi connectivity index (χ4n) is 1.41. The van der Waals surface area contributed by atoms with Crippen molar-refractivity contribution in [3.05, 3.63) is 11.6 Å². The van der Waals surface area contributed by atoms with Gasteiger partial charge in [-0.1, -0.05) is 18.7 Å². The quantitative estimate of drug-likeness (QED) is 0.641. The first-order valence-corrected chi connectivity index (χ1v) is 6.57. The van der Waals surface area contributed by atoms with E-state index in [1.54, 1.807) is 4.68 Å². The third-order valence-electron chi connectivity index (χ3n) is 2.29. The molecule has 0 amide bonds. The van der Waals surface area contributed by atoms with Crippen LogP contribution in [-0.2, 0) is 18.5 Å². The lowest BCUT2D eigenvalue weighted by Crippen LogP contribution is -2.21. The normalized spacial score (nSPS) is 12.0. The van der Waals surface area contributed by atoms with Gasteiger partial charge in [-0.15, -0.1) is 15.3 Å². The molecule has 0 saturated carbocycles. The van der Waals surface area contributed by atoms with Crippen LogP contribution in [0.4, 0.5) is 13.2 Å². The number of halogens is 3. The summed E-state index contributed by atoms with van der Waals surface area (Å²) in [5.41, 5.74) is 0. The molecule has 0 unspecified atom stereocenters. The van der Waals surface area contributed by atoms with Gasteiger partial charge in [0.25, 0.3) is 5.82 Å². The molecule has 110 valence electrons. The Bertz CT molecular complexity index is 577. The fraction of sp³-hybridized carbons (Fsp3) is 0.625. The van der Waals surface area contributed by atoms with Gasteiger partial charge in [-0.2, -0.15) is 13.2 Å². The molecule has 0 aliphatic rings. The maximum atomic E-state index is 12.5. The Kier molecular flexibility index (Phi) is 4.11. The van der Waals surface area contributed by atoms with Gasteiger partial charge in [-0.3, -0.25) is 0 Å². The summed E-state index contributed by atoms with van der Waals surface area (Å²) in [6, 6.07) is 0. The van der Waals surface area contributed by atoms with Gasteiger partial charge in [0.2, 0.25) is 5.16 Å². The Balaban J connectivity index is 2.08. The highest BCUT2D eigenvalue weighted by atomic mass is 32.2. The Morgan fingerprint density at radius 1 is 1.25 bits per heavy atom. The molecule has 0 bridgehead atoms. The molecule has 0 aromatic carbocycles. The van der Waals surface area contributed by atoms with Crippen molar-refractivity contribution in [2.45, 2.75) is 37.0 Å². The average Bonchev–Trinajstić information content (AvgIpc) is 2.93. The molecule has 0 saturated heterocycles. The smallest absolute Gasteiger partial charge is 0.335 e. The van der Waals surface area contributed by atoms with Crippen molar-refractivity contribution in [1.29, 1.82) is 0 Å². The van der Waals surface area contributed by atoms with Crippen LogP contribution in [0, 0.1) is 0 Å². The second kappa shape index (κ2) is 5.64. The standard InChI is InChI=1S/C8H11F3N8S/c1-2-3-18-5(13-16-17-18)4-20-7-15-14-6(19(7)12)8(9,10)11/h2-4,12H2,1H3. The molecule has 2 N–H and O–H groups in total. The zero-order valence-electron chi connectivity index (χ0n) is 10.4. The minimum absolute atomic E-state index is 0.0524. The zero-order valence-corrected chi connectivity index (χ0v) is 11.2. The van der Waals surface area contributed by atoms with Crippen LogP contribution in [0.1, 0.15) is 25.0 Å². The average molecular weight is 308 g/mol. The number of alkyl halides is 3. The van der Waals surface area contributed by atoms with E-state index in [-0.39, 0.29) is 10.9 Å². The molecule has 0 aliphatic carbocycles. The van der Waals surface area contributed by atoms with Crippen LogP contribution in [0.5, 0.6) is 0 Å². The molecular weight excluding hydrogens is 297 g/mol. The minimum atomic E-state index is -4.63. The van der Waals surface area contributed by atoms with E-state index in [0.29, 0.717) is 17.0 Å². The van der Waals surface area contributed by atoms with Crippen molar-refractivity contribution >= 4 is 11.8 Å². The van der Waals surface area contributed by atoms with Gasteiger partial charge in [-0.05, 0) is 16.8 Å². The summed E-state index contributed by atoms with van der Waals surface area (Å²) in [5, 5.41) is 17.5. The number of nitrogen functional groups attached to an aromatic ring is 1. The Morgan fingerprint density at radius 2 is 2.00 bits per heavy atom. The Labute approximate surface area is 115 Å². The van der Waals surface area contributed by atoms with Crippen molar-refractivity contribution in [3.63, 3.8) is 0 Å². The summed E-state index contributed by atoms with van der Waals surface area (Å²) < 4.78 is 39.5. The van der Waals surface area contributed by atoms with Crippen LogP contribution in [-0.4, -0.2) is 35.1 Å². The molecule has 2 aromatic heterocycles. The van der Waals surface area contributed by atoms with E-state index >= 15 is 0 Å². The maximum Gasteiger partial charge on any atom is 0.453 e. The third-order valence-corrected chi connectivity index (χ3v) is 3.23. The van der Waals surface area contributed by atoms with E-state index in [4.69, 9.17) is 5.84 Å². The topological polar surface area (TPSA) is 100 Å². The van der Waals surface area contributed by atoms with Crippen molar-refractivity contribution in [1.82, 2.24) is 35.1 Å². The lowest BCUT2D eigenvalue weighted by Gasteiger charge is -2.06. The lowest BCUT2D eigenvalue weighted by atomic mass is 10.5. The van der Waals surface area contributed by atoms with Gasteiger partial charge >= 0.3 is 6.18 Å². The maximum absolute atomic E-state index is 12.5. The molecule has 0 radical (unpaired) electrons. The van der Waals surface area contributed by atoms with Gasteiger partial charge < -0.3 is 5.84 Å². The monoisotopic (exact) mass is 308 g/mol. The number of aryl methyl sites for hydroxylation is 1. The molecule has 8 nitrogen and oxygen atoms in total. The van der Waals surface area contributed by atoms with Crippen LogP contribution in [0.15, 0.2) is 5.16 Å². The van der Waals surface area contributed by atoms with Crippen LogP contribution < -0.4 is 5.84 Å². The first-order valence-electron chi connectivity index (χ1n) is 5.59. The van der Waals surface area contributed by atoms with Gasteiger partial charge in [0, 0.05) is 6.54 Å². The molecule has 2 aromatic rings. The fourth-order valence-corrected chi connectivity index (χ4v) is 2.20. The zero-order chi connectivity index (χ0) is 14.8. The predicted molar refractivity (Wildman–Crippen MR) is 62.8 cm³/mol. The second-order valence-electron chi connectivity index (χ2n) is 3.78. The van der Waals surface area contributed by atoms with Crippen molar-refractivity contribution in [2.75, 3.05) is 5.84 Å². The molecule has 0 atom stereocenters. The van der Waals surface area contributed by atoms with Gasteiger partial charge in [0.1, 0.15) is 0 Å². The van der Waals surface area contributed by atoms with E-state index in [0.717, 1.165) is 18.2 Å². The summed E-state index contributed by atoms with van der Waals surface area (Å²) in [5.74, 6) is 4.86. The van der Waals surface area contributed by atoms with Crippen molar-refractivity contribution < 1.29 is 13.2 Å². The van der Waals surface area contributed by atoms with Crippen molar-refractivity contribution in [2.24, 2.45) is 0 Å². The number of hydrogen-bond donors (Lipinski definition) is 1. The summed E-state index contributed by atoms with van der Waals surface area (Å²) >= 11 is 0.983. The lowest BCUT2D eigenvalue weighted by molar-refractivity contribution is -0.146. The molecule has 0 aliphatic heterocycles. The Morgan fingerprint density at radius 3 is 2.60 bits per heavy atom. The largest absolute Gasteiger partial charge is 0.453 e. The molecule has 2 rings (SSSR count). The first-order chi connectivity index (χ1) is 9.43. The van der Waals surface area contributed by atoms with E-state index in [9.17, 15) is 13.2 Å².